The number of halogens is 2. The zero-order valence-corrected chi connectivity index (χ0v) is 16.2. The van der Waals surface area contributed by atoms with Gasteiger partial charge in [0, 0.05) is 12.6 Å². The maximum atomic E-state index is 13.8. The molecule has 2 aromatic rings. The van der Waals surface area contributed by atoms with E-state index in [4.69, 9.17) is 4.74 Å². The Morgan fingerprint density at radius 3 is 2.46 bits per heavy atom. The second kappa shape index (κ2) is 8.26. The first-order chi connectivity index (χ1) is 13.2. The van der Waals surface area contributed by atoms with Crippen LogP contribution in [0.2, 0.25) is 0 Å². The fraction of sp³-hybridized carbons (Fsp3) is 0.350. The molecule has 1 aliphatic heterocycles. The highest BCUT2D eigenvalue weighted by Gasteiger charge is 2.36. The van der Waals surface area contributed by atoms with Gasteiger partial charge >= 0.3 is 0 Å². The number of hydrogen-bond acceptors (Lipinski definition) is 4. The van der Waals surface area contributed by atoms with Gasteiger partial charge < -0.3 is 9.64 Å². The lowest BCUT2D eigenvalue weighted by Crippen LogP contribution is -2.46. The average molecular weight is 409 g/mol. The molecule has 1 amide bonds. The van der Waals surface area contributed by atoms with E-state index in [1.165, 1.54) is 42.2 Å². The van der Waals surface area contributed by atoms with Gasteiger partial charge in [-0.2, -0.15) is 0 Å². The number of sulfone groups is 1. The predicted molar refractivity (Wildman–Crippen MR) is 100 cm³/mol. The van der Waals surface area contributed by atoms with Crippen LogP contribution in [0.4, 0.5) is 8.78 Å². The number of benzene rings is 2. The van der Waals surface area contributed by atoms with Crippen LogP contribution in [0.5, 0.6) is 5.75 Å². The zero-order chi connectivity index (χ0) is 20.3. The SMILES string of the molecule is C[C@@H](Oc1ccccc1F)C(=O)N(Cc1ccc(F)cc1)[C@H]1CCS(=O)(=O)C1. The van der Waals surface area contributed by atoms with E-state index in [1.807, 2.05) is 0 Å². The van der Waals surface area contributed by atoms with Gasteiger partial charge in [0.15, 0.2) is 27.5 Å². The molecule has 2 atom stereocenters. The smallest absolute Gasteiger partial charge is 0.263 e. The molecule has 3 rings (SSSR count). The molecule has 0 N–H and O–H groups in total. The minimum Gasteiger partial charge on any atom is -0.478 e. The van der Waals surface area contributed by atoms with Gasteiger partial charge in [-0.3, -0.25) is 4.79 Å². The van der Waals surface area contributed by atoms with Crippen molar-refractivity contribution in [3.05, 3.63) is 65.7 Å². The molecule has 28 heavy (non-hydrogen) atoms. The monoisotopic (exact) mass is 409 g/mol. The molecule has 1 aliphatic rings. The van der Waals surface area contributed by atoms with E-state index < -0.39 is 39.5 Å². The van der Waals surface area contributed by atoms with Gasteiger partial charge in [0.05, 0.1) is 11.5 Å². The number of para-hydroxylation sites is 1. The average Bonchev–Trinajstić information content (AvgIpc) is 3.02. The first-order valence-electron chi connectivity index (χ1n) is 8.92. The molecule has 0 radical (unpaired) electrons. The molecule has 2 aromatic carbocycles. The molecule has 0 bridgehead atoms. The third kappa shape index (κ3) is 4.86. The Labute approximate surface area is 162 Å². The minimum absolute atomic E-state index is 0.00736. The molecule has 1 saturated heterocycles. The molecule has 1 fully saturated rings. The molecule has 0 saturated carbocycles. The predicted octanol–water partition coefficient (Wildman–Crippen LogP) is 2.95. The summed E-state index contributed by atoms with van der Waals surface area (Å²) in [6, 6.07) is 10.9. The summed E-state index contributed by atoms with van der Waals surface area (Å²) in [5.41, 5.74) is 0.664. The molecular formula is C20H21F2NO4S. The highest BCUT2D eigenvalue weighted by molar-refractivity contribution is 7.91. The van der Waals surface area contributed by atoms with Crippen LogP contribution in [0.1, 0.15) is 18.9 Å². The Kier molecular flexibility index (Phi) is 5.98. The van der Waals surface area contributed by atoms with Crippen molar-refractivity contribution in [2.24, 2.45) is 0 Å². The summed E-state index contributed by atoms with van der Waals surface area (Å²) in [6.07, 6.45) is -0.692. The van der Waals surface area contributed by atoms with E-state index in [-0.39, 0.29) is 23.8 Å². The Morgan fingerprint density at radius 1 is 1.18 bits per heavy atom. The Balaban J connectivity index is 1.81. The summed E-state index contributed by atoms with van der Waals surface area (Å²) >= 11 is 0. The van der Waals surface area contributed by atoms with E-state index in [0.29, 0.717) is 12.0 Å². The van der Waals surface area contributed by atoms with Crippen molar-refractivity contribution >= 4 is 15.7 Å². The van der Waals surface area contributed by atoms with Gasteiger partial charge in [-0.15, -0.1) is 0 Å². The van der Waals surface area contributed by atoms with Crippen LogP contribution in [0.3, 0.4) is 0 Å². The maximum absolute atomic E-state index is 13.8. The van der Waals surface area contributed by atoms with Crippen LogP contribution in [0.25, 0.3) is 0 Å². The maximum Gasteiger partial charge on any atom is 0.263 e. The fourth-order valence-electron chi connectivity index (χ4n) is 3.21. The van der Waals surface area contributed by atoms with Crippen molar-refractivity contribution in [1.82, 2.24) is 4.90 Å². The number of amides is 1. The van der Waals surface area contributed by atoms with E-state index in [2.05, 4.69) is 0 Å². The molecule has 1 heterocycles. The second-order valence-corrected chi connectivity index (χ2v) is 9.07. The fourth-order valence-corrected chi connectivity index (χ4v) is 4.94. The third-order valence-electron chi connectivity index (χ3n) is 4.69. The van der Waals surface area contributed by atoms with E-state index in [1.54, 1.807) is 18.2 Å². The van der Waals surface area contributed by atoms with Gasteiger partial charge in [-0.05, 0) is 43.2 Å². The summed E-state index contributed by atoms with van der Waals surface area (Å²) in [7, 11) is -3.22. The largest absolute Gasteiger partial charge is 0.478 e. The minimum atomic E-state index is -3.22. The summed E-state index contributed by atoms with van der Waals surface area (Å²) in [5, 5.41) is 0. The molecule has 8 heteroatoms. The molecule has 0 spiro atoms. The molecule has 5 nitrogen and oxygen atoms in total. The Hall–Kier alpha value is -2.48. The van der Waals surface area contributed by atoms with Crippen molar-refractivity contribution in [3.63, 3.8) is 0 Å². The van der Waals surface area contributed by atoms with Gasteiger partial charge in [-0.1, -0.05) is 24.3 Å². The van der Waals surface area contributed by atoms with E-state index in [0.717, 1.165) is 0 Å². The number of hydrogen-bond donors (Lipinski definition) is 0. The summed E-state index contributed by atoms with van der Waals surface area (Å²) in [4.78, 5) is 14.5. The highest BCUT2D eigenvalue weighted by atomic mass is 32.2. The van der Waals surface area contributed by atoms with Crippen LogP contribution in [-0.2, 0) is 21.2 Å². The third-order valence-corrected chi connectivity index (χ3v) is 6.44. The standard InChI is InChI=1S/C20H21F2NO4S/c1-14(27-19-5-3-2-4-18(19)22)20(24)23(17-10-11-28(25,26)13-17)12-15-6-8-16(21)9-7-15/h2-9,14,17H,10-13H2,1H3/t14-,17+/m1/s1. The number of carbonyl (C=O) groups excluding carboxylic acids is 1. The molecular weight excluding hydrogens is 388 g/mol. The lowest BCUT2D eigenvalue weighted by Gasteiger charge is -2.31. The molecule has 0 aromatic heterocycles. The lowest BCUT2D eigenvalue weighted by atomic mass is 10.1. The second-order valence-electron chi connectivity index (χ2n) is 6.84. The van der Waals surface area contributed by atoms with Crippen molar-refractivity contribution in [1.29, 1.82) is 0 Å². The van der Waals surface area contributed by atoms with E-state index in [9.17, 15) is 22.0 Å². The molecule has 150 valence electrons. The van der Waals surface area contributed by atoms with Crippen LogP contribution in [0, 0.1) is 11.6 Å². The summed E-state index contributed by atoms with van der Waals surface area (Å²) < 4.78 is 56.3. The Morgan fingerprint density at radius 2 is 1.86 bits per heavy atom. The summed E-state index contributed by atoms with van der Waals surface area (Å²) in [5.74, 6) is -1.62. The van der Waals surface area contributed by atoms with Crippen molar-refractivity contribution in [3.8, 4) is 5.75 Å². The number of ether oxygens (including phenoxy) is 1. The van der Waals surface area contributed by atoms with Crippen molar-refractivity contribution in [2.75, 3.05) is 11.5 Å². The normalized spacial score (nSPS) is 19.2. The van der Waals surface area contributed by atoms with Gasteiger partial charge in [-0.25, -0.2) is 17.2 Å². The van der Waals surface area contributed by atoms with Crippen LogP contribution in [-0.4, -0.2) is 42.9 Å². The number of nitrogens with zero attached hydrogens (tertiary/aromatic N) is 1. The highest BCUT2D eigenvalue weighted by Crippen LogP contribution is 2.23. The van der Waals surface area contributed by atoms with Gasteiger partial charge in [0.2, 0.25) is 0 Å². The van der Waals surface area contributed by atoms with Crippen molar-refractivity contribution in [2.45, 2.75) is 32.0 Å². The summed E-state index contributed by atoms with van der Waals surface area (Å²) in [6.45, 7) is 1.61. The number of carbonyl (C=O) groups is 1. The van der Waals surface area contributed by atoms with Gasteiger partial charge in [0.1, 0.15) is 5.82 Å². The molecule has 0 unspecified atom stereocenters. The van der Waals surface area contributed by atoms with Gasteiger partial charge in [0.25, 0.3) is 5.91 Å². The first kappa shape index (κ1) is 20.3. The first-order valence-corrected chi connectivity index (χ1v) is 10.7. The number of rotatable bonds is 6. The Bertz CT molecular complexity index is 947. The van der Waals surface area contributed by atoms with E-state index >= 15 is 0 Å². The van der Waals surface area contributed by atoms with Crippen LogP contribution in [0.15, 0.2) is 48.5 Å². The topological polar surface area (TPSA) is 63.7 Å². The van der Waals surface area contributed by atoms with Crippen molar-refractivity contribution < 1.29 is 26.7 Å². The zero-order valence-electron chi connectivity index (χ0n) is 15.3. The van der Waals surface area contributed by atoms with Crippen LogP contribution < -0.4 is 4.74 Å². The lowest BCUT2D eigenvalue weighted by molar-refractivity contribution is -0.140. The molecule has 0 aliphatic carbocycles. The quantitative estimate of drug-likeness (QED) is 0.736. The van der Waals surface area contributed by atoms with Crippen LogP contribution >= 0.6 is 0 Å².